The third-order valence-electron chi connectivity index (χ3n) is 3.64. The van der Waals surface area contributed by atoms with Crippen LogP contribution in [0.25, 0.3) is 10.9 Å². The molecule has 7 nitrogen and oxygen atoms in total. The first-order valence-electron chi connectivity index (χ1n) is 7.80. The van der Waals surface area contributed by atoms with E-state index in [9.17, 15) is 14.4 Å². The largest absolute Gasteiger partial charge is 0.345 e. The monoisotopic (exact) mass is 414 g/mol. The van der Waals surface area contributed by atoms with E-state index < -0.39 is 5.91 Å². The van der Waals surface area contributed by atoms with E-state index >= 15 is 0 Å². The van der Waals surface area contributed by atoms with Gasteiger partial charge >= 0.3 is 0 Å². The Morgan fingerprint density at radius 1 is 1.04 bits per heavy atom. The first-order chi connectivity index (χ1) is 12.5. The van der Waals surface area contributed by atoms with Gasteiger partial charge in [-0.3, -0.25) is 19.0 Å². The van der Waals surface area contributed by atoms with Gasteiger partial charge in [0, 0.05) is 4.47 Å². The molecule has 0 radical (unpaired) electrons. The van der Waals surface area contributed by atoms with Crippen LogP contribution in [0.3, 0.4) is 0 Å². The molecule has 0 fully saturated rings. The molecule has 1 heterocycles. The molecule has 3 rings (SSSR count). The number of aromatic nitrogens is 2. The van der Waals surface area contributed by atoms with Crippen LogP contribution in [0.1, 0.15) is 0 Å². The number of hydrogen-bond acceptors (Lipinski definition) is 4. The van der Waals surface area contributed by atoms with E-state index in [0.717, 1.165) is 4.47 Å². The minimum Gasteiger partial charge on any atom is -0.345 e. The zero-order chi connectivity index (χ0) is 18.5. The number of anilines is 1. The summed E-state index contributed by atoms with van der Waals surface area (Å²) in [6, 6.07) is 14.1. The van der Waals surface area contributed by atoms with Crippen molar-refractivity contribution in [1.82, 2.24) is 14.9 Å². The standard InChI is InChI=1S/C18H15BrN4O3/c19-13-6-2-4-8-15(13)22-16(24)9-20-17(25)10-23-11-21-14-7-3-1-5-12(14)18(23)26/h1-8,11H,9-10H2,(H,20,25)(H,22,24). The van der Waals surface area contributed by atoms with Crippen LogP contribution in [0, 0.1) is 0 Å². The molecule has 26 heavy (non-hydrogen) atoms. The second kappa shape index (κ2) is 7.92. The van der Waals surface area contributed by atoms with Crippen molar-refractivity contribution in [2.75, 3.05) is 11.9 Å². The quantitative estimate of drug-likeness (QED) is 0.666. The fourth-order valence-electron chi connectivity index (χ4n) is 2.37. The lowest BCUT2D eigenvalue weighted by Crippen LogP contribution is -2.37. The van der Waals surface area contributed by atoms with Crippen LogP contribution >= 0.6 is 15.9 Å². The van der Waals surface area contributed by atoms with E-state index in [1.807, 2.05) is 6.07 Å². The first-order valence-corrected chi connectivity index (χ1v) is 8.59. The SMILES string of the molecule is O=C(Cn1cnc2ccccc2c1=O)NCC(=O)Nc1ccccc1Br. The maximum absolute atomic E-state index is 12.3. The van der Waals surface area contributed by atoms with Crippen molar-refractivity contribution >= 4 is 44.3 Å². The van der Waals surface area contributed by atoms with Gasteiger partial charge in [-0.15, -0.1) is 0 Å². The average Bonchev–Trinajstić information content (AvgIpc) is 2.64. The summed E-state index contributed by atoms with van der Waals surface area (Å²) in [7, 11) is 0. The molecule has 0 spiro atoms. The Bertz CT molecular complexity index is 1030. The van der Waals surface area contributed by atoms with E-state index in [-0.39, 0.29) is 24.6 Å². The topological polar surface area (TPSA) is 93.1 Å². The highest BCUT2D eigenvalue weighted by molar-refractivity contribution is 9.10. The van der Waals surface area contributed by atoms with Gasteiger partial charge in [-0.2, -0.15) is 0 Å². The highest BCUT2D eigenvalue weighted by Gasteiger charge is 2.10. The van der Waals surface area contributed by atoms with Crippen LogP contribution in [0.5, 0.6) is 0 Å². The zero-order valence-corrected chi connectivity index (χ0v) is 15.2. The molecule has 3 aromatic rings. The minimum absolute atomic E-state index is 0.198. The molecule has 0 aliphatic carbocycles. The van der Waals surface area contributed by atoms with E-state index in [0.29, 0.717) is 16.6 Å². The second-order valence-corrected chi connectivity index (χ2v) is 6.35. The second-order valence-electron chi connectivity index (χ2n) is 5.50. The van der Waals surface area contributed by atoms with Crippen LogP contribution in [0.2, 0.25) is 0 Å². The summed E-state index contributed by atoms with van der Waals surface area (Å²) >= 11 is 3.33. The van der Waals surface area contributed by atoms with Gasteiger partial charge in [0.15, 0.2) is 0 Å². The summed E-state index contributed by atoms with van der Waals surface area (Å²) in [5.74, 6) is -0.819. The van der Waals surface area contributed by atoms with Gasteiger partial charge in [-0.25, -0.2) is 4.98 Å². The molecule has 2 aromatic carbocycles. The molecule has 0 aliphatic heterocycles. The normalized spacial score (nSPS) is 10.5. The Hall–Kier alpha value is -3.00. The summed E-state index contributed by atoms with van der Waals surface area (Å²) in [4.78, 5) is 40.5. The molecular weight excluding hydrogens is 400 g/mol. The van der Waals surface area contributed by atoms with Crippen molar-refractivity contribution in [2.24, 2.45) is 0 Å². The summed E-state index contributed by atoms with van der Waals surface area (Å²) < 4.78 is 1.96. The fourth-order valence-corrected chi connectivity index (χ4v) is 2.75. The predicted molar refractivity (Wildman–Crippen MR) is 102 cm³/mol. The summed E-state index contributed by atoms with van der Waals surface area (Å²) in [6.45, 7) is -0.408. The molecular formula is C18H15BrN4O3. The number of nitrogens with one attached hydrogen (secondary N) is 2. The average molecular weight is 415 g/mol. The van der Waals surface area contributed by atoms with Gasteiger partial charge in [-0.05, 0) is 40.2 Å². The number of nitrogens with zero attached hydrogens (tertiary/aromatic N) is 2. The van der Waals surface area contributed by atoms with Gasteiger partial charge in [0.25, 0.3) is 5.56 Å². The lowest BCUT2D eigenvalue weighted by molar-refractivity contribution is -0.124. The Balaban J connectivity index is 1.59. The number of halogens is 1. The zero-order valence-electron chi connectivity index (χ0n) is 13.6. The van der Waals surface area contributed by atoms with Crippen molar-refractivity contribution in [3.8, 4) is 0 Å². The molecule has 2 amide bonds. The number of benzene rings is 2. The van der Waals surface area contributed by atoms with Crippen molar-refractivity contribution < 1.29 is 9.59 Å². The number of carbonyl (C=O) groups is 2. The maximum atomic E-state index is 12.3. The predicted octanol–water partition coefficient (Wildman–Crippen LogP) is 1.91. The van der Waals surface area contributed by atoms with Crippen LogP contribution in [-0.4, -0.2) is 27.9 Å². The molecule has 8 heteroatoms. The summed E-state index contributed by atoms with van der Waals surface area (Å²) in [5.41, 5.74) is 0.882. The van der Waals surface area contributed by atoms with E-state index in [1.165, 1.54) is 10.9 Å². The van der Waals surface area contributed by atoms with Crippen molar-refractivity contribution in [3.63, 3.8) is 0 Å². The van der Waals surface area contributed by atoms with Crippen LogP contribution < -0.4 is 16.2 Å². The van der Waals surface area contributed by atoms with Crippen LogP contribution in [0.4, 0.5) is 5.69 Å². The van der Waals surface area contributed by atoms with Crippen molar-refractivity contribution in [1.29, 1.82) is 0 Å². The summed E-state index contributed by atoms with van der Waals surface area (Å²) in [5, 5.41) is 5.62. The summed E-state index contributed by atoms with van der Waals surface area (Å²) in [6.07, 6.45) is 1.32. The van der Waals surface area contributed by atoms with Crippen molar-refractivity contribution in [3.05, 3.63) is 69.7 Å². The molecule has 0 unspecified atom stereocenters. The Morgan fingerprint density at radius 3 is 2.58 bits per heavy atom. The smallest absolute Gasteiger partial charge is 0.261 e. The number of fused-ring (bicyclic) bond motifs is 1. The minimum atomic E-state index is -0.452. The molecule has 0 aliphatic rings. The van der Waals surface area contributed by atoms with Gasteiger partial charge in [0.05, 0.1) is 29.5 Å². The first kappa shape index (κ1) is 17.8. The molecule has 0 saturated carbocycles. The molecule has 0 atom stereocenters. The molecule has 132 valence electrons. The maximum Gasteiger partial charge on any atom is 0.261 e. The number of amides is 2. The lowest BCUT2D eigenvalue weighted by atomic mass is 10.2. The number of hydrogen-bond donors (Lipinski definition) is 2. The van der Waals surface area contributed by atoms with Crippen LogP contribution in [0.15, 0.2) is 64.1 Å². The Morgan fingerprint density at radius 2 is 1.77 bits per heavy atom. The number of rotatable bonds is 5. The molecule has 0 bridgehead atoms. The molecule has 1 aromatic heterocycles. The number of para-hydroxylation sites is 2. The third kappa shape index (κ3) is 4.15. The highest BCUT2D eigenvalue weighted by Crippen LogP contribution is 2.20. The third-order valence-corrected chi connectivity index (χ3v) is 4.33. The highest BCUT2D eigenvalue weighted by atomic mass is 79.9. The van der Waals surface area contributed by atoms with Gasteiger partial charge in [0.1, 0.15) is 6.54 Å². The lowest BCUT2D eigenvalue weighted by Gasteiger charge is -2.09. The van der Waals surface area contributed by atoms with Gasteiger partial charge < -0.3 is 10.6 Å². The Kier molecular flexibility index (Phi) is 5.43. The number of carbonyl (C=O) groups excluding carboxylic acids is 2. The Labute approximate surface area is 157 Å². The van der Waals surface area contributed by atoms with E-state index in [4.69, 9.17) is 0 Å². The van der Waals surface area contributed by atoms with Crippen LogP contribution in [-0.2, 0) is 16.1 Å². The molecule has 0 saturated heterocycles. The van der Waals surface area contributed by atoms with Crippen molar-refractivity contribution in [2.45, 2.75) is 6.54 Å². The van der Waals surface area contributed by atoms with Gasteiger partial charge in [0.2, 0.25) is 11.8 Å². The van der Waals surface area contributed by atoms with E-state index in [2.05, 4.69) is 31.5 Å². The van der Waals surface area contributed by atoms with E-state index in [1.54, 1.807) is 42.5 Å². The molecule has 2 N–H and O–H groups in total. The van der Waals surface area contributed by atoms with Gasteiger partial charge in [-0.1, -0.05) is 24.3 Å². The fraction of sp³-hybridized carbons (Fsp3) is 0.111.